The first kappa shape index (κ1) is 13.1. The van der Waals surface area contributed by atoms with Crippen molar-refractivity contribution in [3.05, 3.63) is 52.9 Å². The second kappa shape index (κ2) is 4.73. The molecule has 8 heteroatoms. The maximum atomic E-state index is 13.5. The fourth-order valence-electron chi connectivity index (χ4n) is 1.59. The van der Waals surface area contributed by atoms with Crippen molar-refractivity contribution in [2.45, 2.75) is 6.10 Å². The average Bonchev–Trinajstić information content (AvgIpc) is 2.82. The topological polar surface area (TPSA) is 86.2 Å². The molecule has 3 N–H and O–H groups in total. The standard InChI is InChI=1S/C11H7F3N2O3/c12-5-2-7(14)6(13)1-4(5)10(17)8-9(11(18)19)16-3-15-8/h1-3,10,17H,(H,15,16)(H,18,19). The number of carboxylic acids is 1. The summed E-state index contributed by atoms with van der Waals surface area (Å²) < 4.78 is 39.2. The van der Waals surface area contributed by atoms with Crippen LogP contribution in [0.3, 0.4) is 0 Å². The zero-order chi connectivity index (χ0) is 14.2. The number of carboxylic acid groups (broad SMARTS) is 1. The second-order valence-corrected chi connectivity index (χ2v) is 3.66. The highest BCUT2D eigenvalue weighted by molar-refractivity contribution is 5.86. The number of aliphatic hydroxyl groups is 1. The number of hydrogen-bond acceptors (Lipinski definition) is 3. The minimum Gasteiger partial charge on any atom is -0.476 e. The Morgan fingerprint density at radius 2 is 1.84 bits per heavy atom. The van der Waals surface area contributed by atoms with Crippen LogP contribution in [0.1, 0.15) is 27.8 Å². The molecule has 0 radical (unpaired) electrons. The molecule has 1 aromatic heterocycles. The van der Waals surface area contributed by atoms with Gasteiger partial charge in [0.05, 0.1) is 12.0 Å². The first-order valence-corrected chi connectivity index (χ1v) is 5.01. The van der Waals surface area contributed by atoms with Crippen LogP contribution in [0.5, 0.6) is 0 Å². The smallest absolute Gasteiger partial charge is 0.356 e. The number of nitrogens with one attached hydrogen (secondary N) is 1. The molecule has 0 saturated heterocycles. The van der Waals surface area contributed by atoms with Gasteiger partial charge in [0.15, 0.2) is 17.3 Å². The van der Waals surface area contributed by atoms with E-state index in [0.717, 1.165) is 6.33 Å². The number of aliphatic hydroxyl groups excluding tert-OH is 1. The Morgan fingerprint density at radius 1 is 1.21 bits per heavy atom. The first-order valence-electron chi connectivity index (χ1n) is 5.01. The van der Waals surface area contributed by atoms with Gasteiger partial charge >= 0.3 is 5.97 Å². The third kappa shape index (κ3) is 2.29. The van der Waals surface area contributed by atoms with E-state index in [-0.39, 0.29) is 11.8 Å². The summed E-state index contributed by atoms with van der Waals surface area (Å²) in [6, 6.07) is 0.729. The Hall–Kier alpha value is -2.35. The zero-order valence-corrected chi connectivity index (χ0v) is 9.19. The van der Waals surface area contributed by atoms with Crippen molar-refractivity contribution in [2.75, 3.05) is 0 Å². The van der Waals surface area contributed by atoms with E-state index in [1.165, 1.54) is 0 Å². The quantitative estimate of drug-likeness (QED) is 0.741. The van der Waals surface area contributed by atoms with Crippen LogP contribution in [-0.4, -0.2) is 26.2 Å². The van der Waals surface area contributed by atoms with Gasteiger partial charge in [-0.25, -0.2) is 22.9 Å². The highest BCUT2D eigenvalue weighted by Crippen LogP contribution is 2.26. The number of halogens is 3. The normalized spacial score (nSPS) is 12.4. The van der Waals surface area contributed by atoms with Crippen molar-refractivity contribution < 1.29 is 28.2 Å². The number of carbonyl (C=O) groups is 1. The van der Waals surface area contributed by atoms with E-state index in [4.69, 9.17) is 5.11 Å². The van der Waals surface area contributed by atoms with Crippen LogP contribution in [-0.2, 0) is 0 Å². The molecular weight excluding hydrogens is 265 g/mol. The van der Waals surface area contributed by atoms with E-state index in [1.807, 2.05) is 0 Å². The molecule has 0 aliphatic heterocycles. The number of aromatic nitrogens is 2. The zero-order valence-electron chi connectivity index (χ0n) is 9.19. The largest absolute Gasteiger partial charge is 0.476 e. The first-order chi connectivity index (χ1) is 8.91. The summed E-state index contributed by atoms with van der Waals surface area (Å²) in [7, 11) is 0. The molecule has 0 fully saturated rings. The number of imidazole rings is 1. The summed E-state index contributed by atoms with van der Waals surface area (Å²) in [5.41, 5.74) is -1.44. The number of hydrogen-bond donors (Lipinski definition) is 3. The number of nitrogens with zero attached hydrogens (tertiary/aromatic N) is 1. The lowest BCUT2D eigenvalue weighted by molar-refractivity contribution is 0.0685. The maximum Gasteiger partial charge on any atom is 0.356 e. The molecule has 100 valence electrons. The van der Waals surface area contributed by atoms with Gasteiger partial charge in [-0.15, -0.1) is 0 Å². The third-order valence-corrected chi connectivity index (χ3v) is 2.48. The van der Waals surface area contributed by atoms with Crippen LogP contribution in [0.25, 0.3) is 0 Å². The summed E-state index contributed by atoms with van der Waals surface area (Å²) in [6.07, 6.45) is -0.816. The maximum absolute atomic E-state index is 13.5. The Kier molecular flexibility index (Phi) is 3.26. The fraction of sp³-hybridized carbons (Fsp3) is 0.0909. The molecule has 19 heavy (non-hydrogen) atoms. The van der Waals surface area contributed by atoms with Gasteiger partial charge in [0.1, 0.15) is 11.9 Å². The number of aromatic carboxylic acids is 1. The molecule has 1 unspecified atom stereocenters. The van der Waals surface area contributed by atoms with E-state index in [1.54, 1.807) is 0 Å². The van der Waals surface area contributed by atoms with Crippen LogP contribution in [0, 0.1) is 17.5 Å². The highest BCUT2D eigenvalue weighted by atomic mass is 19.2. The molecule has 1 atom stereocenters. The van der Waals surface area contributed by atoms with Crippen molar-refractivity contribution in [3.63, 3.8) is 0 Å². The number of H-pyrrole nitrogens is 1. The molecule has 1 heterocycles. The molecule has 0 spiro atoms. The molecule has 2 aromatic rings. The lowest BCUT2D eigenvalue weighted by atomic mass is 10.0. The van der Waals surface area contributed by atoms with Crippen molar-refractivity contribution in [1.29, 1.82) is 0 Å². The van der Waals surface area contributed by atoms with E-state index < -0.39 is 40.8 Å². The van der Waals surface area contributed by atoms with Crippen molar-refractivity contribution in [1.82, 2.24) is 9.97 Å². The molecule has 1 aromatic carbocycles. The molecule has 0 aliphatic carbocycles. The van der Waals surface area contributed by atoms with E-state index in [9.17, 15) is 23.1 Å². The SMILES string of the molecule is O=C(O)c1nc[nH]c1C(O)c1cc(F)c(F)cc1F. The van der Waals surface area contributed by atoms with Gasteiger partial charge in [0, 0.05) is 11.6 Å². The van der Waals surface area contributed by atoms with E-state index in [2.05, 4.69) is 9.97 Å². The van der Waals surface area contributed by atoms with Gasteiger partial charge in [0.25, 0.3) is 0 Å². The van der Waals surface area contributed by atoms with Gasteiger partial charge in [-0.3, -0.25) is 0 Å². The predicted octanol–water partition coefficient (Wildman–Crippen LogP) is 1.61. The predicted molar refractivity (Wildman–Crippen MR) is 55.9 cm³/mol. The molecule has 0 bridgehead atoms. The van der Waals surface area contributed by atoms with Crippen LogP contribution in [0.2, 0.25) is 0 Å². The minimum absolute atomic E-state index is 0.269. The van der Waals surface area contributed by atoms with Crippen molar-refractivity contribution in [3.8, 4) is 0 Å². The Bertz CT molecular complexity index is 642. The summed E-state index contributed by atoms with van der Waals surface area (Å²) in [4.78, 5) is 16.6. The molecular formula is C11H7F3N2O3. The van der Waals surface area contributed by atoms with Gasteiger partial charge in [0.2, 0.25) is 0 Å². The molecule has 0 aliphatic rings. The van der Waals surface area contributed by atoms with Crippen molar-refractivity contribution in [2.24, 2.45) is 0 Å². The number of aromatic amines is 1. The molecule has 5 nitrogen and oxygen atoms in total. The van der Waals surface area contributed by atoms with Crippen LogP contribution < -0.4 is 0 Å². The Morgan fingerprint density at radius 3 is 2.47 bits per heavy atom. The Labute approximate surface area is 104 Å². The van der Waals surface area contributed by atoms with Gasteiger partial charge in [-0.1, -0.05) is 0 Å². The molecule has 0 saturated carbocycles. The van der Waals surface area contributed by atoms with Crippen LogP contribution in [0.15, 0.2) is 18.5 Å². The summed E-state index contributed by atoms with van der Waals surface area (Å²) in [6.45, 7) is 0. The molecule has 2 rings (SSSR count). The lowest BCUT2D eigenvalue weighted by Gasteiger charge is -2.11. The monoisotopic (exact) mass is 272 g/mol. The van der Waals surface area contributed by atoms with Crippen molar-refractivity contribution >= 4 is 5.97 Å². The third-order valence-electron chi connectivity index (χ3n) is 2.48. The molecule has 0 amide bonds. The Balaban J connectivity index is 2.50. The summed E-state index contributed by atoms with van der Waals surface area (Å²) >= 11 is 0. The summed E-state index contributed by atoms with van der Waals surface area (Å²) in [5, 5.41) is 18.6. The van der Waals surface area contributed by atoms with E-state index in [0.29, 0.717) is 6.07 Å². The number of rotatable bonds is 3. The van der Waals surface area contributed by atoms with Gasteiger partial charge < -0.3 is 15.2 Å². The second-order valence-electron chi connectivity index (χ2n) is 3.66. The van der Waals surface area contributed by atoms with Gasteiger partial charge in [-0.05, 0) is 6.07 Å². The van der Waals surface area contributed by atoms with Crippen LogP contribution in [0.4, 0.5) is 13.2 Å². The average molecular weight is 272 g/mol. The lowest BCUT2D eigenvalue weighted by Crippen LogP contribution is -2.10. The minimum atomic E-state index is -1.80. The highest BCUT2D eigenvalue weighted by Gasteiger charge is 2.25. The fourth-order valence-corrected chi connectivity index (χ4v) is 1.59. The number of benzene rings is 1. The van der Waals surface area contributed by atoms with E-state index >= 15 is 0 Å². The van der Waals surface area contributed by atoms with Gasteiger partial charge in [-0.2, -0.15) is 0 Å². The van der Waals surface area contributed by atoms with Crippen LogP contribution >= 0.6 is 0 Å². The summed E-state index contributed by atoms with van der Waals surface area (Å²) in [5.74, 6) is -5.40.